The zero-order chi connectivity index (χ0) is 30.7. The van der Waals surface area contributed by atoms with Gasteiger partial charge in [0.05, 0.1) is 18.8 Å². The van der Waals surface area contributed by atoms with Crippen LogP contribution >= 0.6 is 7.37 Å². The Morgan fingerprint density at radius 1 is 1.05 bits per heavy atom. The summed E-state index contributed by atoms with van der Waals surface area (Å²) in [6.45, 7) is 12.9. The van der Waals surface area contributed by atoms with Crippen molar-refractivity contribution in [3.63, 3.8) is 0 Å². The molecule has 1 aliphatic heterocycles. The van der Waals surface area contributed by atoms with Crippen molar-refractivity contribution in [2.24, 2.45) is 4.99 Å². The standard InChI is InChI=1S/C31H40F4NO4P/c1-22-36-30(20-39-22,21-40-41(37,28(2,3)4)29(5,6)7)17-16-23-14-15-27(25(19-23)31(33,34)35)38-18-10-12-24-11-8-9-13-26(24)32/h8-9,11,13-17,19H,10,12,18,20-21H2,1-7H3/b17-16+. The van der Waals surface area contributed by atoms with Crippen LogP contribution in [0.2, 0.25) is 0 Å². The zero-order valence-electron chi connectivity index (χ0n) is 24.8. The lowest BCUT2D eigenvalue weighted by Gasteiger charge is -2.41. The fourth-order valence-corrected chi connectivity index (χ4v) is 8.00. The summed E-state index contributed by atoms with van der Waals surface area (Å²) < 4.78 is 86.9. The number of hydrogen-bond donors (Lipinski definition) is 0. The third-order valence-corrected chi connectivity index (χ3v) is 10.9. The smallest absolute Gasteiger partial charge is 0.419 e. The van der Waals surface area contributed by atoms with Gasteiger partial charge in [-0.1, -0.05) is 78.0 Å². The number of nitrogens with zero attached hydrogens (tertiary/aromatic N) is 1. The number of ether oxygens (including phenoxy) is 2. The molecule has 10 heteroatoms. The topological polar surface area (TPSA) is 57.1 Å². The van der Waals surface area contributed by atoms with Crippen molar-refractivity contribution in [3.8, 4) is 5.75 Å². The molecule has 2 aromatic carbocycles. The second-order valence-corrected chi connectivity index (χ2v) is 16.4. The maximum atomic E-state index is 14.0. The van der Waals surface area contributed by atoms with Crippen LogP contribution in [0, 0.1) is 5.82 Å². The molecule has 1 atom stereocenters. The van der Waals surface area contributed by atoms with Crippen molar-refractivity contribution in [3.05, 3.63) is 71.0 Å². The number of rotatable bonds is 10. The van der Waals surface area contributed by atoms with Gasteiger partial charge >= 0.3 is 6.18 Å². The molecular formula is C31H40F4NO4P. The van der Waals surface area contributed by atoms with Crippen LogP contribution in [0.25, 0.3) is 6.08 Å². The monoisotopic (exact) mass is 597 g/mol. The highest BCUT2D eigenvalue weighted by molar-refractivity contribution is 7.62. The van der Waals surface area contributed by atoms with Crippen LogP contribution in [0.3, 0.4) is 0 Å². The minimum atomic E-state index is -4.65. The van der Waals surface area contributed by atoms with Crippen molar-refractivity contribution >= 4 is 19.3 Å². The van der Waals surface area contributed by atoms with E-state index in [1.54, 1.807) is 31.2 Å². The Balaban J connectivity index is 1.80. The maximum Gasteiger partial charge on any atom is 0.419 e. The third-order valence-electron chi connectivity index (χ3n) is 6.87. The minimum Gasteiger partial charge on any atom is -0.493 e. The Labute approximate surface area is 240 Å². The van der Waals surface area contributed by atoms with E-state index in [1.807, 2.05) is 41.5 Å². The lowest BCUT2D eigenvalue weighted by molar-refractivity contribution is -0.139. The average molecular weight is 598 g/mol. The number of aliphatic imine (C=N–C) groups is 1. The number of alkyl halides is 3. The Hall–Kier alpha value is -2.64. The van der Waals surface area contributed by atoms with Crippen LogP contribution in [-0.4, -0.2) is 41.6 Å². The van der Waals surface area contributed by atoms with Crippen molar-refractivity contribution in [2.75, 3.05) is 19.8 Å². The number of hydrogen-bond acceptors (Lipinski definition) is 5. The third kappa shape index (κ3) is 8.01. The normalized spacial score (nSPS) is 18.5. The Kier molecular flexibility index (Phi) is 9.86. The van der Waals surface area contributed by atoms with Gasteiger partial charge in [0.25, 0.3) is 0 Å². The van der Waals surface area contributed by atoms with Gasteiger partial charge in [-0.25, -0.2) is 9.38 Å². The largest absolute Gasteiger partial charge is 0.493 e. The summed E-state index contributed by atoms with van der Waals surface area (Å²) in [6, 6.07) is 10.1. The average Bonchev–Trinajstić information content (AvgIpc) is 3.24. The molecule has 0 saturated heterocycles. The predicted molar refractivity (Wildman–Crippen MR) is 156 cm³/mol. The molecule has 3 rings (SSSR count). The van der Waals surface area contributed by atoms with E-state index in [0.717, 1.165) is 6.07 Å². The molecule has 0 aromatic heterocycles. The molecule has 41 heavy (non-hydrogen) atoms. The minimum absolute atomic E-state index is 0.00000927. The van der Waals surface area contributed by atoms with Crippen LogP contribution in [0.5, 0.6) is 5.75 Å². The molecule has 226 valence electrons. The molecule has 2 aromatic rings. The number of aryl methyl sites for hydroxylation is 1. The molecule has 5 nitrogen and oxygen atoms in total. The highest BCUT2D eigenvalue weighted by Gasteiger charge is 2.49. The fourth-order valence-electron chi connectivity index (χ4n) is 4.81. The first-order chi connectivity index (χ1) is 18.9. The van der Waals surface area contributed by atoms with Gasteiger partial charge < -0.3 is 14.0 Å². The summed E-state index contributed by atoms with van der Waals surface area (Å²) in [5.74, 6) is -0.236. The van der Waals surface area contributed by atoms with Gasteiger partial charge in [0.15, 0.2) is 5.90 Å². The Morgan fingerprint density at radius 3 is 2.27 bits per heavy atom. The zero-order valence-corrected chi connectivity index (χ0v) is 25.7. The lowest BCUT2D eigenvalue weighted by atomic mass is 10.0. The summed E-state index contributed by atoms with van der Waals surface area (Å²) in [6.07, 6.45) is -0.775. The summed E-state index contributed by atoms with van der Waals surface area (Å²) in [5.41, 5.74) is -1.19. The predicted octanol–water partition coefficient (Wildman–Crippen LogP) is 8.95. The van der Waals surface area contributed by atoms with Crippen LogP contribution in [0.4, 0.5) is 17.6 Å². The maximum absolute atomic E-state index is 14.0. The number of halogens is 4. The molecular weight excluding hydrogens is 557 g/mol. The molecule has 0 spiro atoms. The van der Waals surface area contributed by atoms with Crippen LogP contribution in [0.15, 0.2) is 53.5 Å². The van der Waals surface area contributed by atoms with Gasteiger partial charge in [0, 0.05) is 17.2 Å². The first-order valence-electron chi connectivity index (χ1n) is 13.6. The second-order valence-electron chi connectivity index (χ2n) is 12.3. The van der Waals surface area contributed by atoms with Crippen molar-refractivity contribution in [1.82, 2.24) is 0 Å². The first-order valence-corrected chi connectivity index (χ1v) is 15.2. The van der Waals surface area contributed by atoms with E-state index in [0.29, 0.717) is 24.3 Å². The van der Waals surface area contributed by atoms with E-state index < -0.39 is 35.0 Å². The fraction of sp³-hybridized carbons (Fsp3) is 0.516. The van der Waals surface area contributed by atoms with E-state index in [-0.39, 0.29) is 37.0 Å². The van der Waals surface area contributed by atoms with E-state index >= 15 is 0 Å². The summed E-state index contributed by atoms with van der Waals surface area (Å²) in [7, 11) is -3.21. The molecule has 0 saturated carbocycles. The van der Waals surface area contributed by atoms with Crippen molar-refractivity contribution in [2.45, 2.75) is 83.3 Å². The van der Waals surface area contributed by atoms with Gasteiger partial charge in [0.1, 0.15) is 23.7 Å². The Bertz CT molecular complexity index is 1310. The second kappa shape index (κ2) is 12.3. The molecule has 0 amide bonds. The van der Waals surface area contributed by atoms with Crippen molar-refractivity contribution in [1.29, 1.82) is 0 Å². The molecule has 0 radical (unpaired) electrons. The summed E-state index contributed by atoms with van der Waals surface area (Å²) in [4.78, 5) is 4.56. The van der Waals surface area contributed by atoms with Gasteiger partial charge in [-0.3, -0.25) is 4.57 Å². The SMILES string of the molecule is CC1=NC(/C=C/c2ccc(OCCCc3ccccc3F)c(C(F)(F)F)c2)(COP(=O)(C(C)(C)C)C(C)(C)C)CO1. The van der Waals surface area contributed by atoms with Gasteiger partial charge in [-0.15, -0.1) is 0 Å². The van der Waals surface area contributed by atoms with E-state index in [4.69, 9.17) is 14.0 Å². The molecule has 0 N–H and O–H groups in total. The molecule has 0 aliphatic carbocycles. The van der Waals surface area contributed by atoms with Crippen LogP contribution in [0.1, 0.15) is 71.6 Å². The van der Waals surface area contributed by atoms with Gasteiger partial charge in [0.2, 0.25) is 7.37 Å². The van der Waals surface area contributed by atoms with E-state index in [1.165, 1.54) is 24.3 Å². The highest BCUT2D eigenvalue weighted by Crippen LogP contribution is 2.67. The Morgan fingerprint density at radius 2 is 1.71 bits per heavy atom. The molecule has 0 fully saturated rings. The molecule has 1 heterocycles. The number of benzene rings is 2. The highest BCUT2D eigenvalue weighted by atomic mass is 31.2. The van der Waals surface area contributed by atoms with Crippen molar-refractivity contribution < 1.29 is 36.1 Å². The quantitative estimate of drug-likeness (QED) is 0.156. The van der Waals surface area contributed by atoms with Crippen LogP contribution < -0.4 is 4.74 Å². The molecule has 0 bridgehead atoms. The molecule has 1 aliphatic rings. The first kappa shape index (κ1) is 32.9. The lowest BCUT2D eigenvalue weighted by Crippen LogP contribution is -2.36. The van der Waals surface area contributed by atoms with Crippen LogP contribution in [-0.2, 0) is 26.4 Å². The van der Waals surface area contributed by atoms with E-state index in [9.17, 15) is 22.1 Å². The van der Waals surface area contributed by atoms with E-state index in [2.05, 4.69) is 4.99 Å². The van der Waals surface area contributed by atoms with Gasteiger partial charge in [-0.05, 0) is 42.2 Å². The molecule has 1 unspecified atom stereocenters. The summed E-state index contributed by atoms with van der Waals surface area (Å²) in [5, 5.41) is -1.28. The summed E-state index contributed by atoms with van der Waals surface area (Å²) >= 11 is 0. The van der Waals surface area contributed by atoms with Gasteiger partial charge in [-0.2, -0.15) is 13.2 Å².